The number of furan rings is 6. The van der Waals surface area contributed by atoms with Crippen molar-refractivity contribution in [1.29, 1.82) is 0 Å². The Bertz CT molecular complexity index is 2150. The van der Waals surface area contributed by atoms with Crippen molar-refractivity contribution in [3.05, 3.63) is 142 Å². The van der Waals surface area contributed by atoms with E-state index in [2.05, 4.69) is 0 Å². The van der Waals surface area contributed by atoms with Crippen LogP contribution in [0.5, 0.6) is 0 Å². The van der Waals surface area contributed by atoms with Gasteiger partial charge in [-0.15, -0.1) is 0 Å². The van der Waals surface area contributed by atoms with Gasteiger partial charge in [0.25, 0.3) is 0 Å². The number of Topliss-reactive ketones (excluding diaryl/α,β-unsaturated/α-hetero) is 11. The number of hydrogen-bond acceptors (Lipinski definition) is 17. The molecule has 0 aliphatic heterocycles. The van der Waals surface area contributed by atoms with E-state index in [-0.39, 0.29) is 121 Å². The normalized spacial score (nSPS) is 9.66. The molecule has 0 saturated carbocycles. The molecule has 6 rings (SSSR count). The summed E-state index contributed by atoms with van der Waals surface area (Å²) in [6.45, 7) is 17.4. The molecule has 0 spiro atoms. The van der Waals surface area contributed by atoms with E-state index >= 15 is 0 Å². The molecule has 6 aromatic heterocycles. The monoisotopic (exact) mass is 898 g/mol. The highest BCUT2D eigenvalue weighted by Gasteiger charge is 2.12. The van der Waals surface area contributed by atoms with Crippen molar-refractivity contribution >= 4 is 63.6 Å². The summed E-state index contributed by atoms with van der Waals surface area (Å²) in [5, 5.41) is 0. The average molecular weight is 899 g/mol. The molecule has 0 aliphatic carbocycles. The van der Waals surface area contributed by atoms with Crippen molar-refractivity contribution in [2.45, 2.75) is 89.5 Å². The molecule has 0 unspecified atom stereocenters. The predicted molar refractivity (Wildman–Crippen MR) is 232 cm³/mol. The Hall–Kier alpha value is -7.95. The summed E-state index contributed by atoms with van der Waals surface area (Å²) in [5.41, 5.74) is 0. The van der Waals surface area contributed by atoms with Crippen molar-refractivity contribution < 1.29 is 79.2 Å². The molecule has 65 heavy (non-hydrogen) atoms. The van der Waals surface area contributed by atoms with Gasteiger partial charge in [-0.05, 0) is 72.8 Å². The summed E-state index contributed by atoms with van der Waals surface area (Å²) in [4.78, 5) is 117. The Morgan fingerprint density at radius 2 is 0.369 bits per heavy atom. The van der Waals surface area contributed by atoms with Gasteiger partial charge in [0.2, 0.25) is 0 Å². The molecule has 0 atom stereocenters. The highest BCUT2D eigenvalue weighted by atomic mass is 16.4. The number of ketones is 11. The van der Waals surface area contributed by atoms with Crippen LogP contribution in [0.1, 0.15) is 205 Å². The zero-order valence-corrected chi connectivity index (χ0v) is 38.1. The van der Waals surface area contributed by atoms with Crippen LogP contribution in [-0.2, 0) is 6.42 Å². The van der Waals surface area contributed by atoms with Crippen molar-refractivity contribution in [2.75, 3.05) is 0 Å². The Morgan fingerprint density at radius 1 is 0.246 bits per heavy atom. The van der Waals surface area contributed by atoms with Crippen LogP contribution in [0, 0.1) is 0 Å². The van der Waals surface area contributed by atoms with E-state index in [1.54, 1.807) is 6.07 Å². The lowest BCUT2D eigenvalue weighted by molar-refractivity contribution is 0.0949. The third kappa shape index (κ3) is 19.3. The molecule has 0 saturated heterocycles. The van der Waals surface area contributed by atoms with Gasteiger partial charge in [-0.25, -0.2) is 0 Å². The molecule has 0 amide bonds. The van der Waals surface area contributed by atoms with Crippen LogP contribution in [0.25, 0.3) is 0 Å². The van der Waals surface area contributed by atoms with Crippen LogP contribution in [0.15, 0.2) is 99.3 Å². The maximum Gasteiger partial charge on any atom is 0.194 e. The van der Waals surface area contributed by atoms with Gasteiger partial charge >= 0.3 is 0 Å². The third-order valence-electron chi connectivity index (χ3n) is 7.86. The summed E-state index contributed by atoms with van der Waals surface area (Å²) in [6.07, 6.45) is 0.841. The van der Waals surface area contributed by atoms with E-state index < -0.39 is 0 Å². The van der Waals surface area contributed by atoms with Crippen molar-refractivity contribution in [3.63, 3.8) is 0 Å². The lowest BCUT2D eigenvalue weighted by Gasteiger charge is -1.86. The highest BCUT2D eigenvalue weighted by Crippen LogP contribution is 2.12. The molecule has 344 valence electrons. The van der Waals surface area contributed by atoms with Crippen LogP contribution in [0.4, 0.5) is 0 Å². The van der Waals surface area contributed by atoms with Crippen molar-refractivity contribution in [2.24, 2.45) is 0 Å². The first-order valence-corrected chi connectivity index (χ1v) is 19.5. The third-order valence-corrected chi connectivity index (χ3v) is 7.86. The second-order valence-electron chi connectivity index (χ2n) is 13.6. The standard InChI is InChI=1S/5C8H8O3.C8H10O2/c5*1-5(9)7-3-4-8(11-7)6(2)10;1-3-7-4-5-8(10-7)6(2)9/h5*3-4H,1-2H3;4-5H,3H2,1-2H3. The summed E-state index contributed by atoms with van der Waals surface area (Å²) in [5.74, 6) is 1.93. The number of carbonyl (C=O) groups is 11. The van der Waals surface area contributed by atoms with Gasteiger partial charge in [0, 0.05) is 82.6 Å². The topological polar surface area (TPSA) is 267 Å². The number of aryl methyl sites for hydroxylation is 1. The minimum absolute atomic E-state index is 0.0142. The molecular weight excluding hydrogens is 849 g/mol. The second kappa shape index (κ2) is 26.5. The summed E-state index contributed by atoms with van der Waals surface area (Å²) >= 11 is 0. The Balaban J connectivity index is 0.000000390. The van der Waals surface area contributed by atoms with Crippen LogP contribution in [0.2, 0.25) is 0 Å². The van der Waals surface area contributed by atoms with E-state index in [1.807, 2.05) is 13.0 Å². The maximum atomic E-state index is 10.7. The zero-order chi connectivity index (χ0) is 49.7. The van der Waals surface area contributed by atoms with Crippen LogP contribution < -0.4 is 0 Å². The lowest BCUT2D eigenvalue weighted by atomic mass is 10.3. The lowest BCUT2D eigenvalue weighted by Crippen LogP contribution is -1.89. The fraction of sp³-hybridized carbons (Fsp3) is 0.271. The van der Waals surface area contributed by atoms with Gasteiger partial charge in [-0.3, -0.25) is 52.7 Å². The largest absolute Gasteiger partial charge is 0.458 e. The number of carbonyl (C=O) groups excluding carboxylic acids is 11. The number of hydrogen-bond donors (Lipinski definition) is 0. The summed E-state index contributed by atoms with van der Waals surface area (Å²) in [6, 6.07) is 18.5. The van der Waals surface area contributed by atoms with E-state index in [9.17, 15) is 52.7 Å². The van der Waals surface area contributed by atoms with Crippen LogP contribution in [0.3, 0.4) is 0 Å². The minimum atomic E-state index is -0.169. The Labute approximate surface area is 373 Å². The zero-order valence-electron chi connectivity index (χ0n) is 38.1. The van der Waals surface area contributed by atoms with E-state index in [0.717, 1.165) is 12.2 Å². The van der Waals surface area contributed by atoms with Gasteiger partial charge in [0.05, 0.1) is 0 Å². The van der Waals surface area contributed by atoms with Gasteiger partial charge in [-0.1, -0.05) is 6.92 Å². The SMILES string of the molecule is CC(=O)c1ccc(C(C)=O)o1.CC(=O)c1ccc(C(C)=O)o1.CC(=O)c1ccc(C(C)=O)o1.CC(=O)c1ccc(C(C)=O)o1.CC(=O)c1ccc(C(C)=O)o1.CCc1ccc(C(C)=O)o1. The maximum absolute atomic E-state index is 10.7. The predicted octanol–water partition coefficient (Wildman–Crippen LogP) is 10.5. The quantitative estimate of drug-likeness (QED) is 0.103. The molecular formula is C48H50O17. The molecule has 17 heteroatoms. The molecule has 0 radical (unpaired) electrons. The first kappa shape index (κ1) is 55.1. The summed E-state index contributed by atoms with van der Waals surface area (Å²) in [7, 11) is 0. The van der Waals surface area contributed by atoms with Crippen LogP contribution >= 0.6 is 0 Å². The Morgan fingerprint density at radius 3 is 0.446 bits per heavy atom. The molecule has 0 fully saturated rings. The average Bonchev–Trinajstić information content (AvgIpc) is 4.09. The molecule has 6 aromatic rings. The first-order chi connectivity index (χ1) is 30.3. The van der Waals surface area contributed by atoms with Gasteiger partial charge in [0.1, 0.15) is 5.76 Å². The van der Waals surface area contributed by atoms with E-state index in [0.29, 0.717) is 5.76 Å². The van der Waals surface area contributed by atoms with Gasteiger partial charge in [0.15, 0.2) is 127 Å². The minimum Gasteiger partial charge on any atom is -0.458 e. The van der Waals surface area contributed by atoms with Gasteiger partial charge < -0.3 is 26.5 Å². The number of rotatable bonds is 12. The fourth-order valence-corrected chi connectivity index (χ4v) is 4.34. The van der Waals surface area contributed by atoms with Crippen molar-refractivity contribution in [1.82, 2.24) is 0 Å². The second-order valence-corrected chi connectivity index (χ2v) is 13.6. The molecule has 6 heterocycles. The summed E-state index contributed by atoms with van der Waals surface area (Å²) < 4.78 is 29.7. The fourth-order valence-electron chi connectivity index (χ4n) is 4.34. The molecule has 0 aromatic carbocycles. The smallest absolute Gasteiger partial charge is 0.194 e. The Kier molecular flexibility index (Phi) is 22.5. The van der Waals surface area contributed by atoms with Gasteiger partial charge in [-0.2, -0.15) is 0 Å². The highest BCUT2D eigenvalue weighted by molar-refractivity contribution is 5.98. The van der Waals surface area contributed by atoms with E-state index in [4.69, 9.17) is 26.5 Å². The van der Waals surface area contributed by atoms with Crippen molar-refractivity contribution in [3.8, 4) is 0 Å². The molecule has 0 bridgehead atoms. The molecule has 17 nitrogen and oxygen atoms in total. The molecule has 0 aliphatic rings. The first-order valence-electron chi connectivity index (χ1n) is 19.5. The molecule has 0 N–H and O–H groups in total. The van der Waals surface area contributed by atoms with Crippen LogP contribution in [-0.4, -0.2) is 63.6 Å². The van der Waals surface area contributed by atoms with E-state index in [1.165, 1.54) is 137 Å².